The molecular weight excluding hydrogens is 376 g/mol. The van der Waals surface area contributed by atoms with Crippen LogP contribution in [0.2, 0.25) is 0 Å². The van der Waals surface area contributed by atoms with Crippen LogP contribution >= 0.6 is 11.3 Å². The fourth-order valence-electron chi connectivity index (χ4n) is 3.08. The molecule has 0 saturated carbocycles. The van der Waals surface area contributed by atoms with E-state index in [4.69, 9.17) is 4.74 Å². The topological polar surface area (TPSA) is 84.4 Å². The highest BCUT2D eigenvalue weighted by molar-refractivity contribution is 7.13. The van der Waals surface area contributed by atoms with E-state index in [2.05, 4.69) is 15.3 Å². The van der Waals surface area contributed by atoms with Gasteiger partial charge in [0.1, 0.15) is 10.6 Å². The molecule has 1 saturated heterocycles. The minimum atomic E-state index is -0.544. The molecule has 28 heavy (non-hydrogen) atoms. The van der Waals surface area contributed by atoms with E-state index in [-0.39, 0.29) is 24.3 Å². The van der Waals surface area contributed by atoms with Crippen LogP contribution in [0.1, 0.15) is 33.4 Å². The second-order valence-corrected chi connectivity index (χ2v) is 8.92. The molecule has 0 unspecified atom stereocenters. The summed E-state index contributed by atoms with van der Waals surface area (Å²) in [6, 6.07) is 5.56. The highest BCUT2D eigenvalue weighted by Crippen LogP contribution is 2.23. The van der Waals surface area contributed by atoms with Crippen LogP contribution in [0.25, 0.3) is 10.7 Å². The molecule has 0 radical (unpaired) electrons. The maximum absolute atomic E-state index is 12.7. The molecule has 3 heterocycles. The van der Waals surface area contributed by atoms with Gasteiger partial charge >= 0.3 is 6.09 Å². The molecule has 1 N–H and O–H groups in total. The van der Waals surface area contributed by atoms with Gasteiger partial charge in [-0.3, -0.25) is 9.78 Å². The number of thiazole rings is 1. The number of carbonyl (C=O) groups excluding carboxylic acids is 2. The lowest BCUT2D eigenvalue weighted by molar-refractivity contribution is -0.129. The van der Waals surface area contributed by atoms with Gasteiger partial charge in [0.15, 0.2) is 0 Å². The van der Waals surface area contributed by atoms with Gasteiger partial charge in [-0.15, -0.1) is 11.3 Å². The zero-order valence-electron chi connectivity index (χ0n) is 16.6. The Morgan fingerprint density at radius 1 is 1.32 bits per heavy atom. The quantitative estimate of drug-likeness (QED) is 0.849. The zero-order chi connectivity index (χ0) is 20.3. The molecule has 1 aliphatic heterocycles. The second kappa shape index (κ2) is 8.26. The lowest BCUT2D eigenvalue weighted by atomic mass is 10.1. The Hall–Kier alpha value is -2.48. The zero-order valence-corrected chi connectivity index (χ0v) is 17.5. The van der Waals surface area contributed by atoms with Crippen molar-refractivity contribution in [1.29, 1.82) is 0 Å². The number of carbonyl (C=O) groups is 2. The summed E-state index contributed by atoms with van der Waals surface area (Å²) in [5.41, 5.74) is 1.01. The van der Waals surface area contributed by atoms with Crippen molar-refractivity contribution in [3.05, 3.63) is 35.5 Å². The van der Waals surface area contributed by atoms with Crippen LogP contribution in [0, 0.1) is 5.92 Å². The van der Waals surface area contributed by atoms with Gasteiger partial charge in [-0.1, -0.05) is 13.0 Å². The first-order valence-electron chi connectivity index (χ1n) is 9.34. The Kier molecular flexibility index (Phi) is 5.98. The first-order chi connectivity index (χ1) is 13.2. The highest BCUT2D eigenvalue weighted by Gasteiger charge is 2.34. The number of hydrogen-bond donors (Lipinski definition) is 1. The number of likely N-dealkylation sites (tertiary alicyclic amines) is 1. The third-order valence-corrected chi connectivity index (χ3v) is 5.35. The van der Waals surface area contributed by atoms with Crippen molar-refractivity contribution < 1.29 is 14.3 Å². The molecule has 0 aromatic carbocycles. The summed E-state index contributed by atoms with van der Waals surface area (Å²) >= 11 is 1.48. The van der Waals surface area contributed by atoms with Gasteiger partial charge in [-0.2, -0.15) is 0 Å². The van der Waals surface area contributed by atoms with Gasteiger partial charge in [0.05, 0.1) is 23.9 Å². The van der Waals surface area contributed by atoms with Gasteiger partial charge in [-0.05, 0) is 38.8 Å². The van der Waals surface area contributed by atoms with Crippen molar-refractivity contribution in [2.75, 3.05) is 13.1 Å². The largest absolute Gasteiger partial charge is 0.444 e. The van der Waals surface area contributed by atoms with Crippen LogP contribution in [0.15, 0.2) is 29.8 Å². The van der Waals surface area contributed by atoms with E-state index >= 15 is 0 Å². The van der Waals surface area contributed by atoms with Gasteiger partial charge < -0.3 is 15.0 Å². The Morgan fingerprint density at radius 3 is 2.79 bits per heavy atom. The summed E-state index contributed by atoms with van der Waals surface area (Å²) in [5, 5.41) is 5.59. The number of ether oxygens (including phenoxy) is 1. The standard InChI is InChI=1S/C20H26N4O3S/c1-13-10-24(11-16(13)23-19(26)27-20(2,3)4)17(25)9-14-12-28-18(22-14)15-7-5-6-8-21-15/h5-8,12-13,16H,9-11H2,1-4H3,(H,23,26)/t13-,16+/m0/s1. The van der Waals surface area contributed by atoms with Gasteiger partial charge in [0, 0.05) is 24.7 Å². The number of alkyl carbamates (subject to hydrolysis) is 1. The van der Waals surface area contributed by atoms with E-state index in [1.807, 2.05) is 51.3 Å². The first-order valence-corrected chi connectivity index (χ1v) is 10.2. The van der Waals surface area contributed by atoms with Crippen LogP contribution in [-0.4, -0.2) is 51.6 Å². The maximum atomic E-state index is 12.7. The fourth-order valence-corrected chi connectivity index (χ4v) is 3.87. The molecule has 2 amide bonds. The SMILES string of the molecule is C[C@H]1CN(C(=O)Cc2csc(-c3ccccn3)n2)C[C@H]1NC(=O)OC(C)(C)C. The number of rotatable bonds is 4. The molecule has 1 aliphatic rings. The third-order valence-electron chi connectivity index (χ3n) is 4.44. The molecule has 3 rings (SSSR count). The van der Waals surface area contributed by atoms with Crippen LogP contribution in [0.4, 0.5) is 4.79 Å². The Morgan fingerprint density at radius 2 is 2.11 bits per heavy atom. The van der Waals surface area contributed by atoms with E-state index in [1.54, 1.807) is 11.1 Å². The van der Waals surface area contributed by atoms with E-state index in [0.29, 0.717) is 13.1 Å². The molecular formula is C20H26N4O3S. The summed E-state index contributed by atoms with van der Waals surface area (Å²) in [5.74, 6) is 0.175. The molecule has 0 spiro atoms. The molecule has 150 valence electrons. The predicted octanol–water partition coefficient (Wildman–Crippen LogP) is 3.12. The average Bonchev–Trinajstić information content (AvgIpc) is 3.21. The van der Waals surface area contributed by atoms with Crippen molar-refractivity contribution in [3.8, 4) is 10.7 Å². The maximum Gasteiger partial charge on any atom is 0.407 e. The van der Waals surface area contributed by atoms with Gasteiger partial charge in [0.2, 0.25) is 5.91 Å². The summed E-state index contributed by atoms with van der Waals surface area (Å²) in [6.07, 6.45) is 1.53. The molecule has 0 bridgehead atoms. The van der Waals surface area contributed by atoms with Crippen molar-refractivity contribution in [2.24, 2.45) is 5.92 Å². The summed E-state index contributed by atoms with van der Waals surface area (Å²) in [7, 11) is 0. The molecule has 2 aromatic rings. The first kappa shape index (κ1) is 20.3. The predicted molar refractivity (Wildman–Crippen MR) is 108 cm³/mol. The minimum Gasteiger partial charge on any atom is -0.444 e. The highest BCUT2D eigenvalue weighted by atomic mass is 32.1. The smallest absolute Gasteiger partial charge is 0.407 e. The van der Waals surface area contributed by atoms with Crippen molar-refractivity contribution in [2.45, 2.75) is 45.8 Å². The van der Waals surface area contributed by atoms with Gasteiger partial charge in [-0.25, -0.2) is 9.78 Å². The van der Waals surface area contributed by atoms with Crippen molar-refractivity contribution >= 4 is 23.3 Å². The third kappa shape index (κ3) is 5.28. The summed E-state index contributed by atoms with van der Waals surface area (Å²) < 4.78 is 5.32. The molecule has 2 aromatic heterocycles. The number of pyridine rings is 1. The molecule has 0 aliphatic carbocycles. The Bertz CT molecular complexity index is 831. The minimum absolute atomic E-state index is 0.0122. The molecule has 1 fully saturated rings. The molecule has 8 heteroatoms. The number of aromatic nitrogens is 2. The number of nitrogens with one attached hydrogen (secondary N) is 1. The van der Waals surface area contributed by atoms with E-state index in [0.717, 1.165) is 16.4 Å². The normalized spacial score (nSPS) is 19.5. The molecule has 2 atom stereocenters. The molecule has 7 nitrogen and oxygen atoms in total. The monoisotopic (exact) mass is 402 g/mol. The second-order valence-electron chi connectivity index (χ2n) is 8.06. The lowest BCUT2D eigenvalue weighted by Gasteiger charge is -2.23. The van der Waals surface area contributed by atoms with Crippen molar-refractivity contribution in [1.82, 2.24) is 20.2 Å². The van der Waals surface area contributed by atoms with Gasteiger partial charge in [0.25, 0.3) is 0 Å². The lowest BCUT2D eigenvalue weighted by Crippen LogP contribution is -2.43. The summed E-state index contributed by atoms with van der Waals surface area (Å²) in [6.45, 7) is 8.60. The van der Waals surface area contributed by atoms with Crippen LogP contribution in [-0.2, 0) is 16.0 Å². The fraction of sp³-hybridized carbons (Fsp3) is 0.500. The van der Waals surface area contributed by atoms with Crippen LogP contribution in [0.3, 0.4) is 0 Å². The number of hydrogen-bond acceptors (Lipinski definition) is 6. The number of nitrogens with zero attached hydrogens (tertiary/aromatic N) is 3. The summed E-state index contributed by atoms with van der Waals surface area (Å²) in [4.78, 5) is 35.3. The van der Waals surface area contributed by atoms with E-state index in [1.165, 1.54) is 11.3 Å². The van der Waals surface area contributed by atoms with Crippen LogP contribution < -0.4 is 5.32 Å². The van der Waals surface area contributed by atoms with E-state index in [9.17, 15) is 9.59 Å². The van der Waals surface area contributed by atoms with Crippen LogP contribution in [0.5, 0.6) is 0 Å². The Labute approximate surface area is 169 Å². The van der Waals surface area contributed by atoms with E-state index < -0.39 is 11.7 Å². The number of amides is 2. The van der Waals surface area contributed by atoms with Crippen molar-refractivity contribution in [3.63, 3.8) is 0 Å². The Balaban J connectivity index is 1.56. The average molecular weight is 403 g/mol.